The molecule has 1 saturated carbocycles. The number of urea groups is 1. The monoisotopic (exact) mass is 270 g/mol. The molecule has 1 unspecified atom stereocenters. The molecule has 19 heavy (non-hydrogen) atoms. The van der Waals surface area contributed by atoms with E-state index in [0.717, 1.165) is 0 Å². The first-order valence-electron chi connectivity index (χ1n) is 6.82. The number of amides is 2. The van der Waals surface area contributed by atoms with Gasteiger partial charge in [-0.25, -0.2) is 4.79 Å². The van der Waals surface area contributed by atoms with Crippen molar-refractivity contribution >= 4 is 12.0 Å². The molecule has 2 amide bonds. The molecular formula is C13H22N2O4. The average molecular weight is 270 g/mol. The van der Waals surface area contributed by atoms with Crippen molar-refractivity contribution in [2.45, 2.75) is 25.8 Å². The van der Waals surface area contributed by atoms with Crippen molar-refractivity contribution in [2.24, 2.45) is 11.8 Å². The van der Waals surface area contributed by atoms with Crippen LogP contribution in [-0.4, -0.2) is 66.3 Å². The van der Waals surface area contributed by atoms with Crippen LogP contribution in [-0.2, 0) is 9.53 Å². The summed E-state index contributed by atoms with van der Waals surface area (Å²) in [6.45, 7) is 3.81. The molecular weight excluding hydrogens is 248 g/mol. The van der Waals surface area contributed by atoms with Gasteiger partial charge in [-0.1, -0.05) is 0 Å². The Morgan fingerprint density at radius 2 is 2.05 bits per heavy atom. The number of rotatable bonds is 6. The van der Waals surface area contributed by atoms with Gasteiger partial charge in [0.15, 0.2) is 0 Å². The maximum absolute atomic E-state index is 12.4. The summed E-state index contributed by atoms with van der Waals surface area (Å²) >= 11 is 0. The number of carboxylic acids is 1. The van der Waals surface area contributed by atoms with Crippen LogP contribution in [0.2, 0.25) is 0 Å². The standard InChI is InChI=1S/C13H22N2O4/c1-9(10-3-4-10)15(5-6-19-2)13(18)14-7-11(8-14)12(16)17/h9-11H,3-8H2,1-2H3,(H,16,17). The molecule has 1 atom stereocenters. The minimum absolute atomic E-state index is 0.0473. The molecule has 1 heterocycles. The first-order chi connectivity index (χ1) is 9.04. The van der Waals surface area contributed by atoms with Crippen LogP contribution >= 0.6 is 0 Å². The van der Waals surface area contributed by atoms with Gasteiger partial charge in [-0.15, -0.1) is 0 Å². The zero-order valence-electron chi connectivity index (χ0n) is 11.5. The maximum Gasteiger partial charge on any atom is 0.320 e. The molecule has 1 N–H and O–H groups in total. The van der Waals surface area contributed by atoms with Gasteiger partial charge in [0.05, 0.1) is 12.5 Å². The summed E-state index contributed by atoms with van der Waals surface area (Å²) in [6.07, 6.45) is 2.35. The van der Waals surface area contributed by atoms with Crippen LogP contribution in [0, 0.1) is 11.8 Å². The minimum atomic E-state index is -0.817. The molecule has 0 aromatic carbocycles. The Labute approximate surface area is 113 Å². The Morgan fingerprint density at radius 3 is 2.53 bits per heavy atom. The van der Waals surface area contributed by atoms with Crippen molar-refractivity contribution in [2.75, 3.05) is 33.4 Å². The smallest absolute Gasteiger partial charge is 0.320 e. The van der Waals surface area contributed by atoms with Crippen molar-refractivity contribution in [1.82, 2.24) is 9.80 Å². The highest BCUT2D eigenvalue weighted by molar-refractivity contribution is 5.80. The van der Waals surface area contributed by atoms with E-state index in [4.69, 9.17) is 9.84 Å². The number of methoxy groups -OCH3 is 1. The number of likely N-dealkylation sites (tertiary alicyclic amines) is 1. The first-order valence-corrected chi connectivity index (χ1v) is 6.82. The van der Waals surface area contributed by atoms with Crippen molar-refractivity contribution in [1.29, 1.82) is 0 Å². The number of hydrogen-bond acceptors (Lipinski definition) is 3. The van der Waals surface area contributed by atoms with Gasteiger partial charge in [0, 0.05) is 32.8 Å². The van der Waals surface area contributed by atoms with E-state index in [-0.39, 0.29) is 12.1 Å². The van der Waals surface area contributed by atoms with Crippen LogP contribution in [0.1, 0.15) is 19.8 Å². The Bertz CT molecular complexity index is 351. The quantitative estimate of drug-likeness (QED) is 0.777. The van der Waals surface area contributed by atoms with Crippen LogP contribution < -0.4 is 0 Å². The zero-order valence-corrected chi connectivity index (χ0v) is 11.5. The Morgan fingerprint density at radius 1 is 1.42 bits per heavy atom. The normalized spacial score (nSPS) is 20.8. The molecule has 2 aliphatic rings. The van der Waals surface area contributed by atoms with Gasteiger partial charge in [-0.2, -0.15) is 0 Å². The fraction of sp³-hybridized carbons (Fsp3) is 0.846. The number of aliphatic carboxylic acids is 1. The molecule has 108 valence electrons. The lowest BCUT2D eigenvalue weighted by Crippen LogP contribution is -2.59. The summed E-state index contributed by atoms with van der Waals surface area (Å²) < 4.78 is 5.06. The van der Waals surface area contributed by atoms with E-state index in [2.05, 4.69) is 6.92 Å². The van der Waals surface area contributed by atoms with Crippen LogP contribution in [0.15, 0.2) is 0 Å². The Hall–Kier alpha value is -1.30. The second-order valence-corrected chi connectivity index (χ2v) is 5.49. The SMILES string of the molecule is COCCN(C(=O)N1CC(C(=O)O)C1)C(C)C1CC1. The van der Waals surface area contributed by atoms with Crippen molar-refractivity contribution in [3.63, 3.8) is 0 Å². The number of carbonyl (C=O) groups is 2. The molecule has 6 nitrogen and oxygen atoms in total. The van der Waals surface area contributed by atoms with Gasteiger partial charge >= 0.3 is 12.0 Å². The highest BCUT2D eigenvalue weighted by Crippen LogP contribution is 2.35. The fourth-order valence-electron chi connectivity index (χ4n) is 2.47. The predicted octanol–water partition coefficient (Wildman–Crippen LogP) is 0.870. The lowest BCUT2D eigenvalue weighted by Gasteiger charge is -2.41. The van der Waals surface area contributed by atoms with Crippen molar-refractivity contribution in [3.8, 4) is 0 Å². The van der Waals surface area contributed by atoms with Crippen LogP contribution in [0.5, 0.6) is 0 Å². The van der Waals surface area contributed by atoms with Crippen molar-refractivity contribution in [3.05, 3.63) is 0 Å². The average Bonchev–Trinajstić information content (AvgIpc) is 3.10. The van der Waals surface area contributed by atoms with Gasteiger partial charge in [0.25, 0.3) is 0 Å². The van der Waals surface area contributed by atoms with Gasteiger partial charge in [-0.3, -0.25) is 4.79 Å². The van der Waals surface area contributed by atoms with Crippen LogP contribution in [0.4, 0.5) is 4.79 Å². The van der Waals surface area contributed by atoms with E-state index in [1.54, 1.807) is 12.0 Å². The molecule has 0 spiro atoms. The molecule has 1 saturated heterocycles. The minimum Gasteiger partial charge on any atom is -0.481 e. The summed E-state index contributed by atoms with van der Waals surface area (Å²) in [7, 11) is 1.62. The second-order valence-electron chi connectivity index (χ2n) is 5.49. The predicted molar refractivity (Wildman–Crippen MR) is 68.9 cm³/mol. The number of carboxylic acid groups (broad SMARTS) is 1. The molecule has 0 radical (unpaired) electrons. The van der Waals surface area contributed by atoms with Crippen LogP contribution in [0.3, 0.4) is 0 Å². The lowest BCUT2D eigenvalue weighted by molar-refractivity contribution is -0.146. The molecule has 6 heteroatoms. The zero-order chi connectivity index (χ0) is 14.0. The molecule has 0 aromatic heterocycles. The van der Waals surface area contributed by atoms with E-state index in [1.807, 2.05) is 4.90 Å². The largest absolute Gasteiger partial charge is 0.481 e. The highest BCUT2D eigenvalue weighted by Gasteiger charge is 2.41. The number of nitrogens with zero attached hydrogens (tertiary/aromatic N) is 2. The van der Waals surface area contributed by atoms with E-state index in [1.165, 1.54) is 12.8 Å². The van der Waals surface area contributed by atoms with E-state index in [9.17, 15) is 9.59 Å². The first kappa shape index (κ1) is 14.1. The summed E-state index contributed by atoms with van der Waals surface area (Å²) in [4.78, 5) is 26.6. The topological polar surface area (TPSA) is 70.1 Å². The molecule has 0 bridgehead atoms. The summed E-state index contributed by atoms with van der Waals surface area (Å²) in [6, 6.07) is 0.167. The Balaban J connectivity index is 1.90. The highest BCUT2D eigenvalue weighted by atomic mass is 16.5. The van der Waals surface area contributed by atoms with Gasteiger partial charge in [0.1, 0.15) is 0 Å². The van der Waals surface area contributed by atoms with Crippen molar-refractivity contribution < 1.29 is 19.4 Å². The number of hydrogen-bond donors (Lipinski definition) is 1. The van der Waals surface area contributed by atoms with E-state index >= 15 is 0 Å². The van der Waals surface area contributed by atoms with Crippen LogP contribution in [0.25, 0.3) is 0 Å². The third kappa shape index (κ3) is 3.18. The fourth-order valence-corrected chi connectivity index (χ4v) is 2.47. The number of ether oxygens (including phenoxy) is 1. The van der Waals surface area contributed by atoms with E-state index in [0.29, 0.717) is 32.2 Å². The molecule has 2 rings (SSSR count). The molecule has 2 fully saturated rings. The van der Waals surface area contributed by atoms with E-state index < -0.39 is 11.9 Å². The summed E-state index contributed by atoms with van der Waals surface area (Å²) in [5, 5.41) is 8.85. The Kier molecular flexibility index (Phi) is 4.29. The second kappa shape index (κ2) is 5.77. The molecule has 1 aliphatic heterocycles. The summed E-state index contributed by atoms with van der Waals surface area (Å²) in [5.74, 6) is -0.621. The lowest BCUT2D eigenvalue weighted by atomic mass is 10.0. The van der Waals surface area contributed by atoms with Gasteiger partial charge in [0.2, 0.25) is 0 Å². The maximum atomic E-state index is 12.4. The van der Waals surface area contributed by atoms with Gasteiger partial charge < -0.3 is 19.6 Å². The van der Waals surface area contributed by atoms with Gasteiger partial charge in [-0.05, 0) is 25.7 Å². The number of carbonyl (C=O) groups excluding carboxylic acids is 1. The molecule has 0 aromatic rings. The summed E-state index contributed by atoms with van der Waals surface area (Å²) in [5.41, 5.74) is 0. The third-order valence-corrected chi connectivity index (χ3v) is 4.08. The molecule has 1 aliphatic carbocycles. The third-order valence-electron chi connectivity index (χ3n) is 4.08.